The Balaban J connectivity index is 1.58. The summed E-state index contributed by atoms with van der Waals surface area (Å²) >= 11 is 0. The number of sulfonamides is 1. The molecule has 25 heavy (non-hydrogen) atoms. The van der Waals surface area contributed by atoms with E-state index in [0.29, 0.717) is 30.3 Å². The predicted octanol–water partition coefficient (Wildman–Crippen LogP) is 2.75. The first kappa shape index (κ1) is 16.4. The van der Waals surface area contributed by atoms with Gasteiger partial charge in [-0.2, -0.15) is 4.31 Å². The van der Waals surface area contributed by atoms with Gasteiger partial charge in [-0.15, -0.1) is 0 Å². The van der Waals surface area contributed by atoms with E-state index in [-0.39, 0.29) is 0 Å². The van der Waals surface area contributed by atoms with Gasteiger partial charge in [-0.05, 0) is 37.5 Å². The number of furan rings is 1. The first-order valence-corrected chi connectivity index (χ1v) is 10.0. The van der Waals surface area contributed by atoms with E-state index in [4.69, 9.17) is 4.42 Å². The van der Waals surface area contributed by atoms with Crippen LogP contribution in [0, 0.1) is 0 Å². The van der Waals surface area contributed by atoms with E-state index < -0.39 is 10.0 Å². The third-order valence-electron chi connectivity index (χ3n) is 4.73. The summed E-state index contributed by atoms with van der Waals surface area (Å²) in [5.74, 6) is 1.54. The van der Waals surface area contributed by atoms with Crippen LogP contribution in [0.25, 0.3) is 5.57 Å². The van der Waals surface area contributed by atoms with Gasteiger partial charge in [0.1, 0.15) is 11.6 Å². The van der Waals surface area contributed by atoms with Gasteiger partial charge in [0.2, 0.25) is 10.0 Å². The summed E-state index contributed by atoms with van der Waals surface area (Å²) in [6.07, 6.45) is 8.15. The highest BCUT2D eigenvalue weighted by Gasteiger charge is 2.28. The van der Waals surface area contributed by atoms with Crippen LogP contribution in [0.2, 0.25) is 0 Å². The maximum Gasteiger partial charge on any atom is 0.243 e. The van der Waals surface area contributed by atoms with Crippen molar-refractivity contribution in [3.05, 3.63) is 48.6 Å². The topological polar surface area (TPSA) is 66.7 Å². The molecule has 1 saturated heterocycles. The summed E-state index contributed by atoms with van der Waals surface area (Å²) in [6.45, 7) is 2.68. The summed E-state index contributed by atoms with van der Waals surface area (Å²) in [4.78, 5) is 6.83. The predicted molar refractivity (Wildman–Crippen MR) is 95.7 cm³/mol. The van der Waals surface area contributed by atoms with Crippen molar-refractivity contribution in [3.8, 4) is 0 Å². The summed E-state index contributed by atoms with van der Waals surface area (Å²) in [7, 11) is -3.42. The van der Waals surface area contributed by atoms with Gasteiger partial charge in [0.25, 0.3) is 0 Å². The highest BCUT2D eigenvalue weighted by Crippen LogP contribution is 2.27. The molecular weight excluding hydrogens is 338 g/mol. The number of rotatable bonds is 4. The molecule has 0 unspecified atom stereocenters. The standard InChI is InChI=1S/C18H21N3O3S/c22-25(23,21-10-1-2-11-21)16-7-8-19-18(13-16)20-9-3-5-15(14-20)17-6-4-12-24-17/h4-8,12-13H,1-3,9-11,14H2. The van der Waals surface area contributed by atoms with E-state index >= 15 is 0 Å². The average Bonchev–Trinajstić information content (AvgIpc) is 3.36. The smallest absolute Gasteiger partial charge is 0.243 e. The Morgan fingerprint density at radius 1 is 1.12 bits per heavy atom. The number of aromatic nitrogens is 1. The van der Waals surface area contributed by atoms with Crippen molar-refractivity contribution < 1.29 is 12.8 Å². The largest absolute Gasteiger partial charge is 0.465 e. The molecule has 1 fully saturated rings. The molecule has 4 rings (SSSR count). The van der Waals surface area contributed by atoms with E-state index in [0.717, 1.165) is 37.1 Å². The van der Waals surface area contributed by atoms with Crippen molar-refractivity contribution in [2.24, 2.45) is 0 Å². The molecule has 0 N–H and O–H groups in total. The fourth-order valence-electron chi connectivity index (χ4n) is 3.39. The van der Waals surface area contributed by atoms with E-state index in [1.807, 2.05) is 12.1 Å². The highest BCUT2D eigenvalue weighted by atomic mass is 32.2. The summed E-state index contributed by atoms with van der Waals surface area (Å²) in [5.41, 5.74) is 1.10. The van der Waals surface area contributed by atoms with Crippen LogP contribution in [0.4, 0.5) is 5.82 Å². The van der Waals surface area contributed by atoms with Crippen molar-refractivity contribution in [1.29, 1.82) is 0 Å². The number of hydrogen-bond donors (Lipinski definition) is 0. The highest BCUT2D eigenvalue weighted by molar-refractivity contribution is 7.89. The SMILES string of the molecule is O=S(=O)(c1ccnc(N2CCC=C(c3ccco3)C2)c1)N1CCCC1. The molecule has 7 heteroatoms. The van der Waals surface area contributed by atoms with Crippen LogP contribution in [0.5, 0.6) is 0 Å². The first-order valence-electron chi connectivity index (χ1n) is 8.59. The van der Waals surface area contributed by atoms with Crippen molar-refractivity contribution >= 4 is 21.4 Å². The number of nitrogens with zero attached hydrogens (tertiary/aromatic N) is 3. The lowest BCUT2D eigenvalue weighted by Crippen LogP contribution is -2.31. The molecule has 0 spiro atoms. The van der Waals surface area contributed by atoms with Gasteiger partial charge in [-0.1, -0.05) is 6.08 Å². The lowest BCUT2D eigenvalue weighted by molar-refractivity contribution is 0.477. The van der Waals surface area contributed by atoms with Crippen LogP contribution < -0.4 is 4.90 Å². The number of pyridine rings is 1. The lowest BCUT2D eigenvalue weighted by Gasteiger charge is -2.28. The van der Waals surface area contributed by atoms with Gasteiger partial charge in [0.15, 0.2) is 0 Å². The van der Waals surface area contributed by atoms with E-state index in [9.17, 15) is 8.42 Å². The zero-order valence-corrected chi connectivity index (χ0v) is 14.8. The van der Waals surface area contributed by atoms with E-state index in [1.165, 1.54) is 0 Å². The Morgan fingerprint density at radius 2 is 1.96 bits per heavy atom. The molecule has 2 aromatic heterocycles. The minimum Gasteiger partial charge on any atom is -0.465 e. The molecule has 2 aliphatic rings. The van der Waals surface area contributed by atoms with Crippen LogP contribution in [-0.4, -0.2) is 43.9 Å². The van der Waals surface area contributed by atoms with Gasteiger partial charge < -0.3 is 9.32 Å². The van der Waals surface area contributed by atoms with Crippen LogP contribution in [0.15, 0.2) is 52.1 Å². The Hall–Kier alpha value is -2.12. The molecule has 2 aliphatic heterocycles. The van der Waals surface area contributed by atoms with Crippen molar-refractivity contribution in [2.45, 2.75) is 24.2 Å². The van der Waals surface area contributed by atoms with Gasteiger partial charge in [-0.3, -0.25) is 0 Å². The van der Waals surface area contributed by atoms with E-state index in [1.54, 1.807) is 28.9 Å². The maximum absolute atomic E-state index is 12.8. The van der Waals surface area contributed by atoms with Gasteiger partial charge in [0.05, 0.1) is 11.2 Å². The third-order valence-corrected chi connectivity index (χ3v) is 6.63. The minimum atomic E-state index is -3.42. The fraction of sp³-hybridized carbons (Fsp3) is 0.389. The summed E-state index contributed by atoms with van der Waals surface area (Å²) in [5, 5.41) is 0. The van der Waals surface area contributed by atoms with Gasteiger partial charge in [0, 0.05) is 44.0 Å². The quantitative estimate of drug-likeness (QED) is 0.840. The van der Waals surface area contributed by atoms with Gasteiger partial charge >= 0.3 is 0 Å². The van der Waals surface area contributed by atoms with Crippen molar-refractivity contribution in [2.75, 3.05) is 31.1 Å². The Labute approximate surface area is 147 Å². The molecule has 0 aliphatic carbocycles. The van der Waals surface area contributed by atoms with Crippen LogP contribution >= 0.6 is 0 Å². The molecule has 0 atom stereocenters. The molecule has 6 nitrogen and oxygen atoms in total. The molecule has 0 bridgehead atoms. The zero-order valence-electron chi connectivity index (χ0n) is 14.0. The van der Waals surface area contributed by atoms with Crippen LogP contribution in [-0.2, 0) is 10.0 Å². The lowest BCUT2D eigenvalue weighted by atomic mass is 10.1. The normalized spacial score (nSPS) is 19.2. The Bertz CT molecular complexity index is 869. The summed E-state index contributed by atoms with van der Waals surface area (Å²) < 4.78 is 32.6. The van der Waals surface area contributed by atoms with Gasteiger partial charge in [-0.25, -0.2) is 13.4 Å². The number of anilines is 1. The average molecular weight is 359 g/mol. The first-order chi connectivity index (χ1) is 12.1. The second-order valence-corrected chi connectivity index (χ2v) is 8.32. The molecule has 2 aromatic rings. The van der Waals surface area contributed by atoms with Crippen LogP contribution in [0.3, 0.4) is 0 Å². The Kier molecular flexibility index (Phi) is 4.35. The molecular formula is C18H21N3O3S. The molecule has 0 saturated carbocycles. The Morgan fingerprint density at radius 3 is 2.72 bits per heavy atom. The minimum absolute atomic E-state index is 0.327. The van der Waals surface area contributed by atoms with Crippen molar-refractivity contribution in [1.82, 2.24) is 9.29 Å². The number of hydrogen-bond acceptors (Lipinski definition) is 5. The molecule has 132 valence electrons. The van der Waals surface area contributed by atoms with Crippen molar-refractivity contribution in [3.63, 3.8) is 0 Å². The zero-order chi connectivity index (χ0) is 17.3. The van der Waals surface area contributed by atoms with E-state index in [2.05, 4.69) is 16.0 Å². The maximum atomic E-state index is 12.8. The molecule has 0 amide bonds. The second-order valence-electron chi connectivity index (χ2n) is 6.38. The fourth-order valence-corrected chi connectivity index (χ4v) is 4.91. The molecule has 0 aromatic carbocycles. The second kappa shape index (κ2) is 6.65. The molecule has 4 heterocycles. The third kappa shape index (κ3) is 3.21. The monoisotopic (exact) mass is 359 g/mol. The summed E-state index contributed by atoms with van der Waals surface area (Å²) in [6, 6.07) is 7.09. The van der Waals surface area contributed by atoms with Crippen LogP contribution in [0.1, 0.15) is 25.0 Å². The molecule has 0 radical (unpaired) electrons.